The summed E-state index contributed by atoms with van der Waals surface area (Å²) in [7, 11) is 2.43. The second-order valence-electron chi connectivity index (χ2n) is 10.2. The second-order valence-corrected chi connectivity index (χ2v) is 10.2. The van der Waals surface area contributed by atoms with Gasteiger partial charge in [-0.1, -0.05) is 23.7 Å². The van der Waals surface area contributed by atoms with E-state index in [9.17, 15) is 34.8 Å². The number of nitrogens with one attached hydrogen (secondary N) is 1. The van der Waals surface area contributed by atoms with E-state index in [1.165, 1.54) is 37.5 Å². The first-order chi connectivity index (χ1) is 19.5. The third kappa shape index (κ3) is 3.17. The highest BCUT2D eigenvalue weighted by molar-refractivity contribution is 6.31. The Hall–Kier alpha value is -4.65. The van der Waals surface area contributed by atoms with Crippen molar-refractivity contribution < 1.29 is 49.0 Å². The zero-order valence-electron chi connectivity index (χ0n) is 21.9. The van der Waals surface area contributed by atoms with Crippen molar-refractivity contribution in [2.75, 3.05) is 19.5 Å². The topological polar surface area (TPSA) is 175 Å². The molecular weight excluding hydrogens is 534 g/mol. The van der Waals surface area contributed by atoms with E-state index in [1.54, 1.807) is 0 Å². The first kappa shape index (κ1) is 26.6. The first-order valence-corrected chi connectivity index (χ1v) is 12.5. The molecule has 0 aromatic heterocycles. The number of anilines is 1. The summed E-state index contributed by atoms with van der Waals surface area (Å²) in [5.41, 5.74) is -6.99. The fourth-order valence-electron chi connectivity index (χ4n) is 6.18. The van der Waals surface area contributed by atoms with Gasteiger partial charge in [0.2, 0.25) is 0 Å². The van der Waals surface area contributed by atoms with E-state index in [-0.39, 0.29) is 33.5 Å². The molecule has 2 aromatic rings. The molecule has 2 heterocycles. The molecule has 1 fully saturated rings. The number of aliphatic hydroxyl groups excluding tert-OH is 2. The van der Waals surface area contributed by atoms with Crippen LogP contribution in [0.15, 0.2) is 36.4 Å². The van der Waals surface area contributed by atoms with E-state index in [1.807, 2.05) is 0 Å². The standard InChI is InChI=1S/C30H23NO10/c1-28(38,26(36)27(37)40-3)30-19-8-6-4-5-7-9-20(33)29(30,41-30)17-13-18(32)21-22(23(17)31-19)25(35)16-12-14(39-2)10-11-15(16)24(21)34/h4-5,10-13,19-20,26,31-33,36,38H,1-3H3/b5-4-/t19-,20+,26+,28+,29-,30+/m0/s1. The number of phenolic OH excluding ortho intramolecular Hbond substituents is 1. The summed E-state index contributed by atoms with van der Waals surface area (Å²) in [5.74, 6) is 8.13. The number of rotatable bonds is 4. The highest BCUT2D eigenvalue weighted by Crippen LogP contribution is 2.70. The molecule has 2 bridgehead atoms. The van der Waals surface area contributed by atoms with Gasteiger partial charge in [-0.3, -0.25) is 9.59 Å². The molecule has 208 valence electrons. The fraction of sp³-hybridized carbons (Fsp3) is 0.300. The van der Waals surface area contributed by atoms with E-state index >= 15 is 0 Å². The molecule has 1 saturated heterocycles. The molecule has 0 amide bonds. The van der Waals surface area contributed by atoms with Gasteiger partial charge in [0, 0.05) is 16.7 Å². The fourth-order valence-corrected chi connectivity index (χ4v) is 6.18. The Balaban J connectivity index is 1.66. The van der Waals surface area contributed by atoms with Gasteiger partial charge in [0.25, 0.3) is 0 Å². The quantitative estimate of drug-likeness (QED) is 0.128. The second kappa shape index (κ2) is 8.67. The Labute approximate surface area is 233 Å². The van der Waals surface area contributed by atoms with Gasteiger partial charge in [0.05, 0.1) is 31.0 Å². The maximum atomic E-state index is 14.0. The third-order valence-corrected chi connectivity index (χ3v) is 8.20. The zero-order valence-corrected chi connectivity index (χ0v) is 21.9. The maximum Gasteiger partial charge on any atom is 0.337 e. The van der Waals surface area contributed by atoms with Crippen molar-refractivity contribution in [3.8, 4) is 35.2 Å². The third-order valence-electron chi connectivity index (χ3n) is 8.20. The number of benzene rings is 2. The van der Waals surface area contributed by atoms with Crippen molar-refractivity contribution in [1.29, 1.82) is 0 Å². The average molecular weight is 558 g/mol. The Morgan fingerprint density at radius 1 is 1.10 bits per heavy atom. The summed E-state index contributed by atoms with van der Waals surface area (Å²) >= 11 is 0. The van der Waals surface area contributed by atoms with Crippen LogP contribution in [-0.2, 0) is 19.9 Å². The molecule has 0 saturated carbocycles. The molecule has 0 radical (unpaired) electrons. The maximum absolute atomic E-state index is 14.0. The van der Waals surface area contributed by atoms with Crippen LogP contribution in [0.5, 0.6) is 11.5 Å². The summed E-state index contributed by atoms with van der Waals surface area (Å²) in [5, 5.41) is 48.3. The normalized spacial score (nSPS) is 29.1. The van der Waals surface area contributed by atoms with Gasteiger partial charge in [-0.15, -0.1) is 0 Å². The van der Waals surface area contributed by atoms with E-state index in [4.69, 9.17) is 9.47 Å². The summed E-state index contributed by atoms with van der Waals surface area (Å²) in [4.78, 5) is 39.9. The van der Waals surface area contributed by atoms with E-state index in [2.05, 4.69) is 33.7 Å². The first-order valence-electron chi connectivity index (χ1n) is 12.5. The van der Waals surface area contributed by atoms with Gasteiger partial charge in [0.15, 0.2) is 35.0 Å². The molecule has 2 aliphatic heterocycles. The number of allylic oxidation sites excluding steroid dienone is 2. The molecule has 4 aliphatic rings. The van der Waals surface area contributed by atoms with Gasteiger partial charge in [-0.2, -0.15) is 0 Å². The number of aromatic hydroxyl groups is 1. The molecule has 11 nitrogen and oxygen atoms in total. The van der Waals surface area contributed by atoms with Gasteiger partial charge < -0.3 is 40.0 Å². The van der Waals surface area contributed by atoms with Crippen molar-refractivity contribution >= 4 is 23.2 Å². The minimum atomic E-state index is -2.47. The molecular formula is C30H23NO10. The van der Waals surface area contributed by atoms with Crippen molar-refractivity contribution in [2.45, 2.75) is 42.0 Å². The van der Waals surface area contributed by atoms with Gasteiger partial charge >= 0.3 is 5.97 Å². The molecule has 6 atom stereocenters. The molecule has 5 N–H and O–H groups in total. The number of carbonyl (C=O) groups is 3. The Morgan fingerprint density at radius 2 is 1.78 bits per heavy atom. The molecule has 0 unspecified atom stereocenters. The van der Waals surface area contributed by atoms with Crippen LogP contribution in [0.1, 0.15) is 44.3 Å². The summed E-state index contributed by atoms with van der Waals surface area (Å²) in [6.07, 6.45) is -1.13. The number of ketones is 2. The Bertz CT molecular complexity index is 1740. The summed E-state index contributed by atoms with van der Waals surface area (Å²) in [6.45, 7) is 1.12. The summed E-state index contributed by atoms with van der Waals surface area (Å²) < 4.78 is 16.1. The SMILES string of the molecule is COC(=O)[C@@H](O)[C@@](C)(O)[C@@]12O[C@]13c1cc(O)c4c(c1N[C@H]2C#C/C=C\C#C[C@H]3O)C(=O)c1cc(OC)ccc1C4=O. The monoisotopic (exact) mass is 557 g/mol. The number of carbonyl (C=O) groups excluding carboxylic acids is 3. The lowest BCUT2D eigenvalue weighted by Gasteiger charge is -2.43. The van der Waals surface area contributed by atoms with Crippen LogP contribution in [0, 0.1) is 23.7 Å². The molecule has 11 heteroatoms. The highest BCUT2D eigenvalue weighted by atomic mass is 16.7. The number of hydrogen-bond donors (Lipinski definition) is 5. The van der Waals surface area contributed by atoms with Gasteiger partial charge in [-0.25, -0.2) is 4.79 Å². The zero-order chi connectivity index (χ0) is 29.5. The van der Waals surface area contributed by atoms with E-state index in [0.717, 1.165) is 20.1 Å². The van der Waals surface area contributed by atoms with Crippen LogP contribution in [-0.4, -0.2) is 81.6 Å². The average Bonchev–Trinajstić information content (AvgIpc) is 3.70. The molecule has 2 aliphatic carbocycles. The predicted molar refractivity (Wildman–Crippen MR) is 140 cm³/mol. The van der Waals surface area contributed by atoms with Crippen molar-refractivity contribution in [3.05, 3.63) is 64.2 Å². The molecule has 2 aromatic carbocycles. The van der Waals surface area contributed by atoms with Gasteiger partial charge in [0.1, 0.15) is 23.1 Å². The predicted octanol–water partition coefficient (Wildman–Crippen LogP) is 0.157. The van der Waals surface area contributed by atoms with Gasteiger partial charge in [-0.05, 0) is 43.3 Å². The van der Waals surface area contributed by atoms with E-state index < -0.39 is 58.3 Å². The van der Waals surface area contributed by atoms with Crippen LogP contribution < -0.4 is 10.1 Å². The van der Waals surface area contributed by atoms with E-state index in [0.29, 0.717) is 5.75 Å². The largest absolute Gasteiger partial charge is 0.507 e. The Kier molecular flexibility index (Phi) is 5.62. The smallest absolute Gasteiger partial charge is 0.337 e. The lowest BCUT2D eigenvalue weighted by atomic mass is 9.64. The number of fused-ring (bicyclic) bond motifs is 4. The number of methoxy groups -OCH3 is 2. The van der Waals surface area contributed by atoms with Crippen molar-refractivity contribution in [1.82, 2.24) is 0 Å². The Morgan fingerprint density at radius 3 is 2.46 bits per heavy atom. The van der Waals surface area contributed by atoms with Crippen LogP contribution in [0.3, 0.4) is 0 Å². The molecule has 6 rings (SSSR count). The number of epoxide rings is 1. The van der Waals surface area contributed by atoms with Crippen LogP contribution in [0.4, 0.5) is 5.69 Å². The lowest BCUT2D eigenvalue weighted by molar-refractivity contribution is -0.174. The molecule has 0 spiro atoms. The van der Waals surface area contributed by atoms with Crippen LogP contribution in [0.25, 0.3) is 0 Å². The lowest BCUT2D eigenvalue weighted by Crippen LogP contribution is -2.66. The summed E-state index contributed by atoms with van der Waals surface area (Å²) in [6, 6.07) is 4.21. The van der Waals surface area contributed by atoms with Crippen molar-refractivity contribution in [3.63, 3.8) is 0 Å². The number of aliphatic hydroxyl groups is 3. The minimum absolute atomic E-state index is 0.00538. The van der Waals surface area contributed by atoms with Crippen LogP contribution in [0.2, 0.25) is 0 Å². The molecule has 41 heavy (non-hydrogen) atoms. The van der Waals surface area contributed by atoms with Crippen LogP contribution >= 0.6 is 0 Å². The minimum Gasteiger partial charge on any atom is -0.507 e. The number of phenols is 1. The van der Waals surface area contributed by atoms with Crippen molar-refractivity contribution in [2.24, 2.45) is 0 Å². The number of ether oxygens (including phenoxy) is 3. The highest BCUT2D eigenvalue weighted by Gasteiger charge is 2.87. The number of esters is 1. The number of hydrogen-bond acceptors (Lipinski definition) is 11.